The first-order valence-electron chi connectivity index (χ1n) is 5.47. The van der Waals surface area contributed by atoms with E-state index >= 15 is 0 Å². The fourth-order valence-corrected chi connectivity index (χ4v) is 1.34. The smallest absolute Gasteiger partial charge is 0.238 e. The van der Waals surface area contributed by atoms with Crippen molar-refractivity contribution < 1.29 is 14.3 Å². The molecule has 94 valence electrons. The number of rotatable bonds is 7. The number of amides is 1. The summed E-state index contributed by atoms with van der Waals surface area (Å²) in [5.41, 5.74) is 5.23. The number of benzene rings is 1. The highest BCUT2D eigenvalue weighted by Gasteiger charge is 2.14. The first-order chi connectivity index (χ1) is 8.17. The van der Waals surface area contributed by atoms with Gasteiger partial charge in [0, 0.05) is 0 Å². The van der Waals surface area contributed by atoms with Gasteiger partial charge in [0.1, 0.15) is 24.1 Å². The number of nitrogens with one attached hydrogen (secondary N) is 1. The molecule has 1 atom stereocenters. The molecule has 1 amide bonds. The minimum Gasteiger partial charge on any atom is -0.497 e. The van der Waals surface area contributed by atoms with Gasteiger partial charge in [-0.15, -0.1) is 0 Å². The molecule has 0 aliphatic rings. The van der Waals surface area contributed by atoms with Crippen LogP contribution in [0.3, 0.4) is 0 Å². The molecule has 0 aliphatic heterocycles. The lowest BCUT2D eigenvalue weighted by molar-refractivity contribution is -0.120. The molecule has 0 bridgehead atoms. The second-order valence-electron chi connectivity index (χ2n) is 3.50. The number of likely N-dealkylation sites (N-methyl/N-ethyl adjacent to an activating group) is 1. The quantitative estimate of drug-likeness (QED) is 0.727. The Labute approximate surface area is 101 Å². The SMILES string of the molecule is CCNC(COc1ccc(OC)cc1)C(N)=O. The largest absolute Gasteiger partial charge is 0.497 e. The van der Waals surface area contributed by atoms with Crippen LogP contribution in [0.4, 0.5) is 0 Å². The van der Waals surface area contributed by atoms with Gasteiger partial charge in [0.2, 0.25) is 5.91 Å². The number of hydrogen-bond acceptors (Lipinski definition) is 4. The summed E-state index contributed by atoms with van der Waals surface area (Å²) in [4.78, 5) is 11.1. The lowest BCUT2D eigenvalue weighted by Gasteiger charge is -2.15. The number of methoxy groups -OCH3 is 1. The van der Waals surface area contributed by atoms with Crippen molar-refractivity contribution in [2.24, 2.45) is 5.73 Å². The maximum atomic E-state index is 11.1. The average Bonchev–Trinajstić information content (AvgIpc) is 2.34. The van der Waals surface area contributed by atoms with Crippen LogP contribution in [0.2, 0.25) is 0 Å². The Morgan fingerprint density at radius 1 is 1.35 bits per heavy atom. The molecule has 3 N–H and O–H groups in total. The Morgan fingerprint density at radius 3 is 2.41 bits per heavy atom. The van der Waals surface area contributed by atoms with E-state index in [0.717, 1.165) is 5.75 Å². The summed E-state index contributed by atoms with van der Waals surface area (Å²) >= 11 is 0. The van der Waals surface area contributed by atoms with Crippen molar-refractivity contribution in [2.75, 3.05) is 20.3 Å². The molecule has 0 heterocycles. The topological polar surface area (TPSA) is 73.6 Å². The second kappa shape index (κ2) is 6.75. The Bertz CT molecular complexity index is 351. The summed E-state index contributed by atoms with van der Waals surface area (Å²) < 4.78 is 10.5. The van der Waals surface area contributed by atoms with Gasteiger partial charge in [-0.05, 0) is 30.8 Å². The molecule has 0 aromatic heterocycles. The van der Waals surface area contributed by atoms with Crippen LogP contribution >= 0.6 is 0 Å². The minimum absolute atomic E-state index is 0.218. The molecule has 0 saturated carbocycles. The highest BCUT2D eigenvalue weighted by Crippen LogP contribution is 2.16. The van der Waals surface area contributed by atoms with Crippen LogP contribution in [0.1, 0.15) is 6.92 Å². The molecule has 0 aliphatic carbocycles. The maximum Gasteiger partial charge on any atom is 0.238 e. The van der Waals surface area contributed by atoms with Crippen LogP contribution in [0.5, 0.6) is 11.5 Å². The summed E-state index contributed by atoms with van der Waals surface area (Å²) in [6, 6.07) is 6.68. The highest BCUT2D eigenvalue weighted by molar-refractivity contribution is 5.80. The van der Waals surface area contributed by atoms with Gasteiger partial charge >= 0.3 is 0 Å². The predicted octanol–water partition coefficient (Wildman–Crippen LogP) is 0.537. The van der Waals surface area contributed by atoms with Gasteiger partial charge in [0.05, 0.1) is 7.11 Å². The molecule has 0 fully saturated rings. The summed E-state index contributed by atoms with van der Waals surface area (Å²) in [5, 5.41) is 2.95. The van der Waals surface area contributed by atoms with Gasteiger partial charge in [-0.25, -0.2) is 0 Å². The molecule has 1 rings (SSSR count). The van der Waals surface area contributed by atoms with E-state index in [1.54, 1.807) is 31.4 Å². The Balaban J connectivity index is 2.50. The van der Waals surface area contributed by atoms with Crippen LogP contribution in [-0.4, -0.2) is 32.2 Å². The third-order valence-corrected chi connectivity index (χ3v) is 2.27. The monoisotopic (exact) mass is 238 g/mol. The molecule has 1 unspecified atom stereocenters. The molecule has 0 spiro atoms. The van der Waals surface area contributed by atoms with Gasteiger partial charge in [0.25, 0.3) is 0 Å². The van der Waals surface area contributed by atoms with E-state index in [4.69, 9.17) is 15.2 Å². The van der Waals surface area contributed by atoms with Crippen molar-refractivity contribution in [1.29, 1.82) is 0 Å². The molecule has 5 heteroatoms. The molecule has 17 heavy (non-hydrogen) atoms. The lowest BCUT2D eigenvalue weighted by atomic mass is 10.3. The van der Waals surface area contributed by atoms with E-state index in [1.165, 1.54) is 0 Å². The zero-order valence-electron chi connectivity index (χ0n) is 10.1. The van der Waals surface area contributed by atoms with Crippen molar-refractivity contribution in [1.82, 2.24) is 5.32 Å². The first-order valence-corrected chi connectivity index (χ1v) is 5.47. The van der Waals surface area contributed by atoms with Crippen LogP contribution in [0, 0.1) is 0 Å². The Hall–Kier alpha value is -1.75. The molecule has 0 radical (unpaired) electrons. The Kier molecular flexibility index (Phi) is 5.29. The van der Waals surface area contributed by atoms with Crippen molar-refractivity contribution in [3.63, 3.8) is 0 Å². The molecular weight excluding hydrogens is 220 g/mol. The summed E-state index contributed by atoms with van der Waals surface area (Å²) in [7, 11) is 1.60. The van der Waals surface area contributed by atoms with Gasteiger partial charge in [-0.1, -0.05) is 6.92 Å². The minimum atomic E-state index is -0.470. The van der Waals surface area contributed by atoms with Crippen molar-refractivity contribution in [3.05, 3.63) is 24.3 Å². The summed E-state index contributed by atoms with van der Waals surface area (Å²) in [6.07, 6.45) is 0. The van der Waals surface area contributed by atoms with Crippen LogP contribution in [0.15, 0.2) is 24.3 Å². The van der Waals surface area contributed by atoms with E-state index in [1.807, 2.05) is 6.92 Å². The molecule has 0 saturated heterocycles. The standard InChI is InChI=1S/C12H18N2O3/c1-3-14-11(12(13)15)8-17-10-6-4-9(16-2)5-7-10/h4-7,11,14H,3,8H2,1-2H3,(H2,13,15). The number of carbonyl (C=O) groups excluding carboxylic acids is 1. The van der Waals surface area contributed by atoms with Crippen molar-refractivity contribution >= 4 is 5.91 Å². The number of nitrogens with two attached hydrogens (primary N) is 1. The van der Waals surface area contributed by atoms with E-state index in [0.29, 0.717) is 12.3 Å². The predicted molar refractivity (Wildman–Crippen MR) is 65.1 cm³/mol. The second-order valence-corrected chi connectivity index (χ2v) is 3.50. The van der Waals surface area contributed by atoms with E-state index in [9.17, 15) is 4.79 Å². The molecule has 1 aromatic carbocycles. The van der Waals surface area contributed by atoms with E-state index < -0.39 is 11.9 Å². The first kappa shape index (κ1) is 13.3. The number of hydrogen-bond donors (Lipinski definition) is 2. The Morgan fingerprint density at radius 2 is 1.94 bits per heavy atom. The van der Waals surface area contributed by atoms with Crippen LogP contribution in [-0.2, 0) is 4.79 Å². The zero-order valence-corrected chi connectivity index (χ0v) is 10.1. The number of ether oxygens (including phenoxy) is 2. The van der Waals surface area contributed by atoms with Gasteiger partial charge in [0.15, 0.2) is 0 Å². The van der Waals surface area contributed by atoms with E-state index in [-0.39, 0.29) is 6.61 Å². The zero-order chi connectivity index (χ0) is 12.7. The third kappa shape index (κ3) is 4.32. The van der Waals surface area contributed by atoms with E-state index in [2.05, 4.69) is 5.32 Å². The molecular formula is C12H18N2O3. The summed E-state index contributed by atoms with van der Waals surface area (Å²) in [6.45, 7) is 2.79. The van der Waals surface area contributed by atoms with Crippen molar-refractivity contribution in [3.8, 4) is 11.5 Å². The fraction of sp³-hybridized carbons (Fsp3) is 0.417. The van der Waals surface area contributed by atoms with Crippen molar-refractivity contribution in [2.45, 2.75) is 13.0 Å². The number of carbonyl (C=O) groups is 1. The highest BCUT2D eigenvalue weighted by atomic mass is 16.5. The van der Waals surface area contributed by atoms with Gasteiger partial charge in [-0.2, -0.15) is 0 Å². The summed E-state index contributed by atoms with van der Waals surface area (Å²) in [5.74, 6) is 1.02. The molecule has 5 nitrogen and oxygen atoms in total. The average molecular weight is 238 g/mol. The van der Waals surface area contributed by atoms with Gasteiger partial charge < -0.3 is 20.5 Å². The third-order valence-electron chi connectivity index (χ3n) is 2.27. The fourth-order valence-electron chi connectivity index (χ4n) is 1.34. The maximum absolute atomic E-state index is 11.1. The van der Waals surface area contributed by atoms with Gasteiger partial charge in [-0.3, -0.25) is 4.79 Å². The van der Waals surface area contributed by atoms with Crippen LogP contribution in [0.25, 0.3) is 0 Å². The van der Waals surface area contributed by atoms with Crippen LogP contribution < -0.4 is 20.5 Å². The lowest BCUT2D eigenvalue weighted by Crippen LogP contribution is -2.45. The number of primary amides is 1. The normalized spacial score (nSPS) is 11.9. The molecule has 1 aromatic rings.